The fourth-order valence-electron chi connectivity index (χ4n) is 2.28. The standard InChI is InChI=1S/C20H36O2/c1-16(2)9-7-11-18(5)13-14-22-20(21)15-19(6)12-8-10-17(3)4/h9-10,18-19H,7-8,11-15H2,1-6H3. The second-order valence-electron chi connectivity index (χ2n) is 7.14. The zero-order valence-electron chi connectivity index (χ0n) is 15.6. The molecular weight excluding hydrogens is 272 g/mol. The third kappa shape index (κ3) is 13.9. The fourth-order valence-corrected chi connectivity index (χ4v) is 2.28. The van der Waals surface area contributed by atoms with Gasteiger partial charge in [-0.25, -0.2) is 0 Å². The van der Waals surface area contributed by atoms with Crippen LogP contribution in [0.5, 0.6) is 0 Å². The van der Waals surface area contributed by atoms with Crippen LogP contribution < -0.4 is 0 Å². The van der Waals surface area contributed by atoms with Gasteiger partial charge in [-0.15, -0.1) is 0 Å². The molecule has 2 unspecified atom stereocenters. The predicted octanol–water partition coefficient (Wildman–Crippen LogP) is 6.07. The van der Waals surface area contributed by atoms with E-state index in [0.717, 1.165) is 25.7 Å². The Balaban J connectivity index is 3.72. The lowest BCUT2D eigenvalue weighted by molar-refractivity contribution is -0.145. The quantitative estimate of drug-likeness (QED) is 0.342. The average molecular weight is 309 g/mol. The molecule has 0 aliphatic rings. The highest BCUT2D eigenvalue weighted by atomic mass is 16.5. The molecule has 0 radical (unpaired) electrons. The largest absolute Gasteiger partial charge is 0.466 e. The lowest BCUT2D eigenvalue weighted by atomic mass is 10.0. The zero-order valence-corrected chi connectivity index (χ0v) is 15.6. The van der Waals surface area contributed by atoms with E-state index in [-0.39, 0.29) is 5.97 Å². The number of ether oxygens (including phenoxy) is 1. The summed E-state index contributed by atoms with van der Waals surface area (Å²) in [7, 11) is 0. The summed E-state index contributed by atoms with van der Waals surface area (Å²) in [6.07, 6.45) is 10.4. The lowest BCUT2D eigenvalue weighted by Gasteiger charge is -2.12. The van der Waals surface area contributed by atoms with Crippen LogP contribution in [0.3, 0.4) is 0 Å². The molecule has 0 aromatic rings. The topological polar surface area (TPSA) is 26.3 Å². The molecule has 0 saturated heterocycles. The van der Waals surface area contributed by atoms with Gasteiger partial charge >= 0.3 is 5.97 Å². The van der Waals surface area contributed by atoms with Crippen molar-refractivity contribution in [3.8, 4) is 0 Å². The van der Waals surface area contributed by atoms with E-state index in [2.05, 4.69) is 53.7 Å². The molecule has 2 nitrogen and oxygen atoms in total. The lowest BCUT2D eigenvalue weighted by Crippen LogP contribution is -2.12. The van der Waals surface area contributed by atoms with Crippen LogP contribution in [0.15, 0.2) is 23.3 Å². The van der Waals surface area contributed by atoms with Crippen molar-refractivity contribution in [1.29, 1.82) is 0 Å². The van der Waals surface area contributed by atoms with E-state index >= 15 is 0 Å². The summed E-state index contributed by atoms with van der Waals surface area (Å²) in [6, 6.07) is 0. The van der Waals surface area contributed by atoms with Crippen LogP contribution in [0.2, 0.25) is 0 Å². The normalized spacial score (nSPS) is 13.2. The van der Waals surface area contributed by atoms with Crippen LogP contribution in [-0.2, 0) is 9.53 Å². The summed E-state index contributed by atoms with van der Waals surface area (Å²) >= 11 is 0. The highest BCUT2D eigenvalue weighted by Gasteiger charge is 2.10. The number of hydrogen-bond donors (Lipinski definition) is 0. The smallest absolute Gasteiger partial charge is 0.306 e. The molecule has 0 heterocycles. The second kappa shape index (κ2) is 12.5. The van der Waals surface area contributed by atoms with E-state index in [1.165, 1.54) is 17.6 Å². The third-order valence-corrected chi connectivity index (χ3v) is 3.81. The van der Waals surface area contributed by atoms with Gasteiger partial charge in [-0.2, -0.15) is 0 Å². The molecule has 0 aliphatic carbocycles. The summed E-state index contributed by atoms with van der Waals surface area (Å²) in [5, 5.41) is 0. The molecule has 0 aromatic heterocycles. The number of carbonyl (C=O) groups is 1. The predicted molar refractivity (Wildman–Crippen MR) is 95.9 cm³/mol. The van der Waals surface area contributed by atoms with Crippen LogP contribution in [-0.4, -0.2) is 12.6 Å². The minimum atomic E-state index is -0.0406. The molecule has 2 atom stereocenters. The molecule has 0 fully saturated rings. The Hall–Kier alpha value is -1.05. The van der Waals surface area contributed by atoms with Gasteiger partial charge in [0.05, 0.1) is 6.61 Å². The molecule has 128 valence electrons. The van der Waals surface area contributed by atoms with Gasteiger partial charge in [0, 0.05) is 6.42 Å². The molecule has 0 rings (SSSR count). The zero-order chi connectivity index (χ0) is 17.0. The minimum absolute atomic E-state index is 0.0406. The van der Waals surface area contributed by atoms with Crippen molar-refractivity contribution in [2.45, 2.75) is 80.1 Å². The highest BCUT2D eigenvalue weighted by Crippen LogP contribution is 2.14. The third-order valence-electron chi connectivity index (χ3n) is 3.81. The van der Waals surface area contributed by atoms with Crippen molar-refractivity contribution < 1.29 is 9.53 Å². The van der Waals surface area contributed by atoms with Crippen molar-refractivity contribution in [2.24, 2.45) is 11.8 Å². The molecular formula is C20H36O2. The number of hydrogen-bond acceptors (Lipinski definition) is 2. The highest BCUT2D eigenvalue weighted by molar-refractivity contribution is 5.69. The molecule has 0 amide bonds. The number of carbonyl (C=O) groups excluding carboxylic acids is 1. The maximum atomic E-state index is 11.8. The van der Waals surface area contributed by atoms with Gasteiger partial charge in [0.1, 0.15) is 0 Å². The number of esters is 1. The van der Waals surface area contributed by atoms with E-state index in [0.29, 0.717) is 24.9 Å². The maximum Gasteiger partial charge on any atom is 0.306 e. The Labute approximate surface area is 138 Å². The summed E-state index contributed by atoms with van der Waals surface area (Å²) < 4.78 is 5.37. The van der Waals surface area contributed by atoms with Gasteiger partial charge in [-0.1, -0.05) is 37.1 Å². The Morgan fingerprint density at radius 2 is 1.36 bits per heavy atom. The van der Waals surface area contributed by atoms with E-state index in [4.69, 9.17) is 4.74 Å². The monoisotopic (exact) mass is 308 g/mol. The maximum absolute atomic E-state index is 11.8. The Bertz CT molecular complexity index is 358. The van der Waals surface area contributed by atoms with Crippen LogP contribution in [0.1, 0.15) is 80.1 Å². The van der Waals surface area contributed by atoms with E-state index in [1.807, 2.05) is 0 Å². The second-order valence-corrected chi connectivity index (χ2v) is 7.14. The SMILES string of the molecule is CC(C)=CCCC(C)CCOC(=O)CC(C)CCC=C(C)C. The van der Waals surface area contributed by atoms with E-state index in [9.17, 15) is 4.79 Å². The van der Waals surface area contributed by atoms with Crippen LogP contribution in [0.25, 0.3) is 0 Å². The van der Waals surface area contributed by atoms with Crippen LogP contribution in [0.4, 0.5) is 0 Å². The average Bonchev–Trinajstić information content (AvgIpc) is 2.37. The molecule has 2 heteroatoms. The molecule has 22 heavy (non-hydrogen) atoms. The van der Waals surface area contributed by atoms with E-state index in [1.54, 1.807) is 0 Å². The van der Waals surface area contributed by atoms with Crippen LogP contribution in [0, 0.1) is 11.8 Å². The molecule has 0 bridgehead atoms. The summed E-state index contributed by atoms with van der Waals surface area (Å²) in [5.41, 5.74) is 2.72. The fraction of sp³-hybridized carbons (Fsp3) is 0.750. The van der Waals surface area contributed by atoms with Gasteiger partial charge in [0.25, 0.3) is 0 Å². The van der Waals surface area contributed by atoms with Gasteiger partial charge in [0.15, 0.2) is 0 Å². The van der Waals surface area contributed by atoms with Gasteiger partial charge in [-0.3, -0.25) is 4.79 Å². The first kappa shape index (κ1) is 20.9. The number of rotatable bonds is 11. The first-order valence-electron chi connectivity index (χ1n) is 8.73. The van der Waals surface area contributed by atoms with Crippen molar-refractivity contribution in [3.63, 3.8) is 0 Å². The van der Waals surface area contributed by atoms with Crippen molar-refractivity contribution >= 4 is 5.97 Å². The molecule has 0 saturated carbocycles. The van der Waals surface area contributed by atoms with Gasteiger partial charge in [-0.05, 0) is 71.6 Å². The minimum Gasteiger partial charge on any atom is -0.466 e. The Kier molecular flexibility index (Phi) is 11.9. The van der Waals surface area contributed by atoms with Crippen LogP contribution >= 0.6 is 0 Å². The summed E-state index contributed by atoms with van der Waals surface area (Å²) in [5.74, 6) is 0.970. The van der Waals surface area contributed by atoms with E-state index < -0.39 is 0 Å². The Morgan fingerprint density at radius 1 is 0.864 bits per heavy atom. The van der Waals surface area contributed by atoms with Crippen molar-refractivity contribution in [3.05, 3.63) is 23.3 Å². The van der Waals surface area contributed by atoms with Gasteiger partial charge in [0.2, 0.25) is 0 Å². The summed E-state index contributed by atoms with van der Waals surface area (Å²) in [4.78, 5) is 11.8. The molecule has 0 aliphatic heterocycles. The summed E-state index contributed by atoms with van der Waals surface area (Å²) in [6.45, 7) is 13.4. The molecule has 0 N–H and O–H groups in total. The number of allylic oxidation sites excluding steroid dienone is 4. The first-order chi connectivity index (χ1) is 10.3. The first-order valence-corrected chi connectivity index (χ1v) is 8.73. The van der Waals surface area contributed by atoms with Crippen molar-refractivity contribution in [2.75, 3.05) is 6.61 Å². The van der Waals surface area contributed by atoms with Gasteiger partial charge < -0.3 is 4.74 Å². The Morgan fingerprint density at radius 3 is 1.86 bits per heavy atom. The molecule has 0 aromatic carbocycles. The molecule has 0 spiro atoms. The van der Waals surface area contributed by atoms with Crippen molar-refractivity contribution in [1.82, 2.24) is 0 Å².